The SMILES string of the molecule is C=N/C(=N\C(=C/C)C(=O)NC)N1CCN(C(C)c2ccc3c(c2)OCC3)CC1. The zero-order chi connectivity index (χ0) is 20.1. The van der Waals surface area contributed by atoms with E-state index in [0.29, 0.717) is 17.7 Å². The molecule has 0 saturated carbocycles. The summed E-state index contributed by atoms with van der Waals surface area (Å²) < 4.78 is 5.72. The van der Waals surface area contributed by atoms with Crippen LogP contribution in [-0.4, -0.2) is 68.2 Å². The van der Waals surface area contributed by atoms with Crippen molar-refractivity contribution in [1.82, 2.24) is 15.1 Å². The summed E-state index contributed by atoms with van der Waals surface area (Å²) in [6, 6.07) is 6.89. The van der Waals surface area contributed by atoms with Crippen molar-refractivity contribution in [2.45, 2.75) is 26.3 Å². The van der Waals surface area contributed by atoms with Gasteiger partial charge in [-0.3, -0.25) is 9.69 Å². The van der Waals surface area contributed by atoms with Crippen LogP contribution in [0.4, 0.5) is 0 Å². The van der Waals surface area contributed by atoms with Crippen molar-refractivity contribution in [1.29, 1.82) is 0 Å². The molecule has 0 aliphatic carbocycles. The Labute approximate surface area is 166 Å². The van der Waals surface area contributed by atoms with E-state index in [9.17, 15) is 4.79 Å². The highest BCUT2D eigenvalue weighted by Gasteiger charge is 2.25. The molecule has 7 heteroatoms. The van der Waals surface area contributed by atoms with Crippen molar-refractivity contribution >= 4 is 18.6 Å². The van der Waals surface area contributed by atoms with Gasteiger partial charge in [0.25, 0.3) is 5.91 Å². The number of amides is 1. The van der Waals surface area contributed by atoms with E-state index in [0.717, 1.165) is 45.0 Å². The van der Waals surface area contributed by atoms with E-state index < -0.39 is 0 Å². The average molecular weight is 383 g/mol. The van der Waals surface area contributed by atoms with Crippen LogP contribution in [0.5, 0.6) is 5.75 Å². The third kappa shape index (κ3) is 4.25. The third-order valence-corrected chi connectivity index (χ3v) is 5.44. The number of rotatable bonds is 4. The highest BCUT2D eigenvalue weighted by Crippen LogP contribution is 2.31. The van der Waals surface area contributed by atoms with E-state index in [1.807, 2.05) is 0 Å². The Kier molecular flexibility index (Phi) is 6.46. The normalized spacial score (nSPS) is 19.0. The van der Waals surface area contributed by atoms with Gasteiger partial charge in [0, 0.05) is 45.7 Å². The highest BCUT2D eigenvalue weighted by atomic mass is 16.5. The molecule has 1 unspecified atom stereocenters. The van der Waals surface area contributed by atoms with Crippen LogP contribution in [0.25, 0.3) is 0 Å². The van der Waals surface area contributed by atoms with Crippen LogP contribution in [-0.2, 0) is 11.2 Å². The second-order valence-electron chi connectivity index (χ2n) is 6.99. The number of carbonyl (C=O) groups excluding carboxylic acids is 1. The zero-order valence-electron chi connectivity index (χ0n) is 16.9. The number of hydrogen-bond donors (Lipinski definition) is 1. The smallest absolute Gasteiger partial charge is 0.269 e. The molecule has 2 aliphatic heterocycles. The summed E-state index contributed by atoms with van der Waals surface area (Å²) in [7, 11) is 1.59. The standard InChI is InChI=1S/C21H29N5O2/c1-5-18(20(27)22-3)24-21(23-4)26-11-9-25(10-12-26)15(2)17-7-6-16-8-13-28-19(16)14-17/h5-7,14-15H,4,8-13H2,1-3H3,(H,22,27)/b18-5-,24-21+. The van der Waals surface area contributed by atoms with Crippen LogP contribution in [0.2, 0.25) is 0 Å². The van der Waals surface area contributed by atoms with Gasteiger partial charge in [-0.1, -0.05) is 18.2 Å². The fraction of sp³-hybridized carbons (Fsp3) is 0.476. The second-order valence-corrected chi connectivity index (χ2v) is 6.99. The minimum absolute atomic E-state index is 0.227. The molecule has 2 aliphatic rings. The molecule has 3 rings (SSSR count). The molecular formula is C21H29N5O2. The molecule has 150 valence electrons. The summed E-state index contributed by atoms with van der Waals surface area (Å²) in [5.74, 6) is 1.30. The van der Waals surface area contributed by atoms with Gasteiger partial charge in [0.15, 0.2) is 0 Å². The highest BCUT2D eigenvalue weighted by molar-refractivity contribution is 5.97. The number of allylic oxidation sites excluding steroid dienone is 1. The molecule has 2 heterocycles. The van der Waals surface area contributed by atoms with E-state index in [1.54, 1.807) is 20.0 Å². The first-order chi connectivity index (χ1) is 13.6. The first-order valence-corrected chi connectivity index (χ1v) is 9.75. The number of guanidine groups is 1. The Morgan fingerprint density at radius 2 is 2.07 bits per heavy atom. The maximum Gasteiger partial charge on any atom is 0.269 e. The summed E-state index contributed by atoms with van der Waals surface area (Å²) in [6.45, 7) is 11.8. The van der Waals surface area contributed by atoms with Gasteiger partial charge in [-0.25, -0.2) is 9.98 Å². The van der Waals surface area contributed by atoms with Crippen molar-refractivity contribution in [3.63, 3.8) is 0 Å². The average Bonchev–Trinajstić information content (AvgIpc) is 3.21. The predicted molar refractivity (Wildman–Crippen MR) is 112 cm³/mol. The molecule has 1 saturated heterocycles. The molecule has 1 N–H and O–H groups in total. The number of likely N-dealkylation sites (N-methyl/N-ethyl adjacent to an activating group) is 1. The van der Waals surface area contributed by atoms with E-state index >= 15 is 0 Å². The number of hydrogen-bond acceptors (Lipinski definition) is 4. The lowest BCUT2D eigenvalue weighted by Crippen LogP contribution is -2.49. The van der Waals surface area contributed by atoms with Crippen molar-refractivity contribution < 1.29 is 9.53 Å². The molecule has 1 aromatic carbocycles. The molecule has 0 spiro atoms. The number of benzene rings is 1. The molecule has 0 aromatic heterocycles. The molecule has 0 radical (unpaired) electrons. The number of fused-ring (bicyclic) bond motifs is 1. The van der Waals surface area contributed by atoms with Gasteiger partial charge in [-0.15, -0.1) is 0 Å². The number of carbonyl (C=O) groups is 1. The lowest BCUT2D eigenvalue weighted by molar-refractivity contribution is -0.117. The zero-order valence-corrected chi connectivity index (χ0v) is 16.9. The van der Waals surface area contributed by atoms with Crippen LogP contribution >= 0.6 is 0 Å². The predicted octanol–water partition coefficient (Wildman–Crippen LogP) is 2.01. The minimum atomic E-state index is -0.227. The molecule has 1 amide bonds. The Morgan fingerprint density at radius 3 is 2.71 bits per heavy atom. The summed E-state index contributed by atoms with van der Waals surface area (Å²) in [5, 5.41) is 2.59. The van der Waals surface area contributed by atoms with Crippen LogP contribution in [0, 0.1) is 0 Å². The van der Waals surface area contributed by atoms with Crippen LogP contribution < -0.4 is 10.1 Å². The van der Waals surface area contributed by atoms with E-state index in [4.69, 9.17) is 4.74 Å². The summed E-state index contributed by atoms with van der Waals surface area (Å²) in [6.07, 6.45) is 2.68. The number of nitrogens with one attached hydrogen (secondary N) is 1. The van der Waals surface area contributed by atoms with Crippen LogP contribution in [0.3, 0.4) is 0 Å². The van der Waals surface area contributed by atoms with Gasteiger partial charge in [0.05, 0.1) is 6.61 Å². The Balaban J connectivity index is 1.64. The first-order valence-electron chi connectivity index (χ1n) is 9.75. The maximum atomic E-state index is 11.9. The van der Waals surface area contributed by atoms with Crippen LogP contribution in [0.15, 0.2) is 40.0 Å². The van der Waals surface area contributed by atoms with Gasteiger partial charge >= 0.3 is 0 Å². The van der Waals surface area contributed by atoms with Gasteiger partial charge in [0.2, 0.25) is 5.96 Å². The number of nitrogens with zero attached hydrogens (tertiary/aromatic N) is 4. The van der Waals surface area contributed by atoms with E-state index in [-0.39, 0.29) is 5.91 Å². The van der Waals surface area contributed by atoms with Gasteiger partial charge in [0.1, 0.15) is 11.4 Å². The molecular weight excluding hydrogens is 354 g/mol. The van der Waals surface area contributed by atoms with Crippen molar-refractivity contribution in [2.24, 2.45) is 9.98 Å². The van der Waals surface area contributed by atoms with Gasteiger partial charge in [-0.05, 0) is 37.8 Å². The first kappa shape index (κ1) is 20.1. The fourth-order valence-corrected chi connectivity index (χ4v) is 3.65. The molecule has 28 heavy (non-hydrogen) atoms. The lowest BCUT2D eigenvalue weighted by atomic mass is 10.0. The molecule has 7 nitrogen and oxygen atoms in total. The van der Waals surface area contributed by atoms with Crippen LogP contribution in [0.1, 0.15) is 31.0 Å². The molecule has 1 aromatic rings. The summed E-state index contributed by atoms with van der Waals surface area (Å²) in [4.78, 5) is 24.9. The molecule has 0 bridgehead atoms. The lowest BCUT2D eigenvalue weighted by Gasteiger charge is -2.38. The van der Waals surface area contributed by atoms with Crippen molar-refractivity contribution in [3.8, 4) is 5.75 Å². The minimum Gasteiger partial charge on any atom is -0.493 e. The Morgan fingerprint density at radius 1 is 1.32 bits per heavy atom. The number of aliphatic imine (C=N–C) groups is 2. The third-order valence-electron chi connectivity index (χ3n) is 5.44. The van der Waals surface area contributed by atoms with E-state index in [2.05, 4.69) is 56.9 Å². The quantitative estimate of drug-likeness (QED) is 0.491. The summed E-state index contributed by atoms with van der Waals surface area (Å²) in [5.41, 5.74) is 2.93. The largest absolute Gasteiger partial charge is 0.493 e. The number of ether oxygens (including phenoxy) is 1. The van der Waals surface area contributed by atoms with Crippen molar-refractivity contribution in [2.75, 3.05) is 39.8 Å². The van der Waals surface area contributed by atoms with Gasteiger partial charge in [-0.2, -0.15) is 0 Å². The van der Waals surface area contributed by atoms with E-state index in [1.165, 1.54) is 11.1 Å². The fourth-order valence-electron chi connectivity index (χ4n) is 3.65. The van der Waals surface area contributed by atoms with Gasteiger partial charge < -0.3 is 15.0 Å². The monoisotopic (exact) mass is 383 g/mol. The Bertz CT molecular complexity index is 794. The van der Waals surface area contributed by atoms with Crippen molar-refractivity contribution in [3.05, 3.63) is 41.1 Å². The molecule has 1 fully saturated rings. The molecule has 1 atom stereocenters. The number of piperazine rings is 1. The summed E-state index contributed by atoms with van der Waals surface area (Å²) >= 11 is 0. The topological polar surface area (TPSA) is 69.5 Å². The second kappa shape index (κ2) is 9.01. The Hall–Kier alpha value is -2.67. The maximum absolute atomic E-state index is 11.9.